The van der Waals surface area contributed by atoms with E-state index in [-0.39, 0.29) is 11.8 Å². The molecule has 2 aromatic carbocycles. The maximum absolute atomic E-state index is 12.9. The van der Waals surface area contributed by atoms with Crippen LogP contribution in [-0.2, 0) is 17.8 Å². The molecule has 1 heterocycles. The smallest absolute Gasteiger partial charge is 0.254 e. The minimum absolute atomic E-state index is 0.0218. The van der Waals surface area contributed by atoms with Crippen molar-refractivity contribution in [2.75, 3.05) is 18.0 Å². The molecule has 0 spiro atoms. The van der Waals surface area contributed by atoms with Crippen molar-refractivity contribution < 1.29 is 9.59 Å². The van der Waals surface area contributed by atoms with Crippen LogP contribution in [0.4, 0.5) is 5.69 Å². The van der Waals surface area contributed by atoms with Crippen LogP contribution < -0.4 is 4.90 Å². The normalized spacial score (nSPS) is 12.8. The summed E-state index contributed by atoms with van der Waals surface area (Å²) in [5.74, 6) is 0.0122. The molecule has 0 saturated heterocycles. The summed E-state index contributed by atoms with van der Waals surface area (Å²) in [6.07, 6.45) is 0.784. The van der Waals surface area contributed by atoms with Crippen molar-refractivity contribution >= 4 is 29.1 Å². The summed E-state index contributed by atoms with van der Waals surface area (Å²) < 4.78 is 0. The fourth-order valence-corrected chi connectivity index (χ4v) is 3.40. The number of halogens is 1. The van der Waals surface area contributed by atoms with Gasteiger partial charge in [-0.3, -0.25) is 9.59 Å². The largest absolute Gasteiger partial charge is 0.335 e. The van der Waals surface area contributed by atoms with Crippen molar-refractivity contribution in [2.45, 2.75) is 26.8 Å². The van der Waals surface area contributed by atoms with E-state index in [2.05, 4.69) is 0 Å². The van der Waals surface area contributed by atoms with Gasteiger partial charge in [0.2, 0.25) is 5.91 Å². The number of rotatable bonds is 4. The molecular weight excluding hydrogens is 336 g/mol. The van der Waals surface area contributed by atoms with Gasteiger partial charge in [0.25, 0.3) is 5.91 Å². The number of carbonyl (C=O) groups excluding carboxylic acids is 2. The van der Waals surface area contributed by atoms with E-state index < -0.39 is 0 Å². The van der Waals surface area contributed by atoms with Crippen molar-refractivity contribution in [2.24, 2.45) is 0 Å². The Morgan fingerprint density at radius 3 is 2.64 bits per heavy atom. The molecule has 0 saturated carbocycles. The van der Waals surface area contributed by atoms with Gasteiger partial charge in [-0.05, 0) is 48.7 Å². The zero-order chi connectivity index (χ0) is 18.0. The number of anilines is 1. The third kappa shape index (κ3) is 3.54. The van der Waals surface area contributed by atoms with E-state index in [0.29, 0.717) is 30.2 Å². The van der Waals surface area contributed by atoms with Crippen LogP contribution in [0, 0.1) is 0 Å². The van der Waals surface area contributed by atoms with Gasteiger partial charge >= 0.3 is 0 Å². The van der Waals surface area contributed by atoms with Gasteiger partial charge in [0.15, 0.2) is 0 Å². The highest BCUT2D eigenvalue weighted by Gasteiger charge is 2.24. The van der Waals surface area contributed by atoms with Crippen LogP contribution in [0.15, 0.2) is 42.5 Å². The molecule has 0 aliphatic carbocycles. The summed E-state index contributed by atoms with van der Waals surface area (Å²) >= 11 is 6.22. The number of hydrogen-bond donors (Lipinski definition) is 0. The zero-order valence-electron chi connectivity index (χ0n) is 14.5. The molecule has 0 N–H and O–H groups in total. The molecule has 2 amide bonds. The lowest BCUT2D eigenvalue weighted by Gasteiger charge is -2.22. The van der Waals surface area contributed by atoms with E-state index in [1.807, 2.05) is 43.3 Å². The molecule has 0 radical (unpaired) electrons. The molecule has 0 aromatic heterocycles. The zero-order valence-corrected chi connectivity index (χ0v) is 15.2. The monoisotopic (exact) mass is 356 g/mol. The molecule has 3 rings (SSSR count). The van der Waals surface area contributed by atoms with E-state index >= 15 is 0 Å². The first-order valence-electron chi connectivity index (χ1n) is 8.45. The maximum Gasteiger partial charge on any atom is 0.254 e. The lowest BCUT2D eigenvalue weighted by atomic mass is 10.1. The molecule has 0 bridgehead atoms. The molecule has 0 fully saturated rings. The summed E-state index contributed by atoms with van der Waals surface area (Å²) in [6.45, 7) is 5.28. The molecule has 25 heavy (non-hydrogen) atoms. The van der Waals surface area contributed by atoms with Crippen LogP contribution in [0.25, 0.3) is 0 Å². The van der Waals surface area contributed by atoms with Crippen molar-refractivity contribution in [3.63, 3.8) is 0 Å². The molecular formula is C20H21ClN2O2. The molecule has 130 valence electrons. The Morgan fingerprint density at radius 1 is 1.20 bits per heavy atom. The highest BCUT2D eigenvalue weighted by atomic mass is 35.5. The lowest BCUT2D eigenvalue weighted by Crippen LogP contribution is -2.30. The second kappa shape index (κ2) is 7.28. The van der Waals surface area contributed by atoms with E-state index in [9.17, 15) is 9.59 Å². The molecule has 4 nitrogen and oxygen atoms in total. The Labute approximate surface area is 153 Å². The van der Waals surface area contributed by atoms with Gasteiger partial charge in [-0.15, -0.1) is 0 Å². The first-order valence-corrected chi connectivity index (χ1v) is 8.82. The van der Waals surface area contributed by atoms with Gasteiger partial charge in [-0.25, -0.2) is 0 Å². The van der Waals surface area contributed by atoms with Crippen LogP contribution in [0.1, 0.15) is 35.3 Å². The highest BCUT2D eigenvalue weighted by Crippen LogP contribution is 2.29. The third-order valence-electron chi connectivity index (χ3n) is 4.59. The fourth-order valence-electron chi connectivity index (χ4n) is 3.20. The van der Waals surface area contributed by atoms with E-state index in [4.69, 9.17) is 11.6 Å². The number of nitrogens with zero attached hydrogens (tertiary/aromatic N) is 2. The average molecular weight is 357 g/mol. The molecule has 0 unspecified atom stereocenters. The molecule has 5 heteroatoms. The standard InChI is InChI=1S/C20H21ClN2O2/c1-3-22(13-17-6-4-5-7-18(17)21)20(25)16-8-9-19-15(12-16)10-11-23(19)14(2)24/h4-9,12H,3,10-11,13H2,1-2H3. The Hall–Kier alpha value is -2.33. The lowest BCUT2D eigenvalue weighted by molar-refractivity contribution is -0.116. The van der Waals surface area contributed by atoms with Gasteiger partial charge in [-0.1, -0.05) is 29.8 Å². The summed E-state index contributed by atoms with van der Waals surface area (Å²) in [7, 11) is 0. The minimum Gasteiger partial charge on any atom is -0.335 e. The Balaban J connectivity index is 1.82. The Morgan fingerprint density at radius 2 is 1.96 bits per heavy atom. The highest BCUT2D eigenvalue weighted by molar-refractivity contribution is 6.31. The summed E-state index contributed by atoms with van der Waals surface area (Å²) in [4.78, 5) is 28.1. The van der Waals surface area contributed by atoms with Gasteiger partial charge in [0.05, 0.1) is 0 Å². The Kier molecular flexibility index (Phi) is 5.09. The predicted molar refractivity (Wildman–Crippen MR) is 100 cm³/mol. The van der Waals surface area contributed by atoms with Crippen LogP contribution in [0.3, 0.4) is 0 Å². The van der Waals surface area contributed by atoms with Crippen LogP contribution >= 0.6 is 11.6 Å². The van der Waals surface area contributed by atoms with Gasteiger partial charge < -0.3 is 9.80 Å². The van der Waals surface area contributed by atoms with Gasteiger partial charge in [0, 0.05) is 42.8 Å². The first kappa shape index (κ1) is 17.5. The number of fused-ring (bicyclic) bond motifs is 1. The van der Waals surface area contributed by atoms with Gasteiger partial charge in [0.1, 0.15) is 0 Å². The number of benzene rings is 2. The Bertz CT molecular complexity index is 819. The second-order valence-electron chi connectivity index (χ2n) is 6.17. The summed E-state index contributed by atoms with van der Waals surface area (Å²) in [5.41, 5.74) is 3.55. The van der Waals surface area contributed by atoms with E-state index in [1.54, 1.807) is 22.8 Å². The van der Waals surface area contributed by atoms with Crippen molar-refractivity contribution in [1.82, 2.24) is 4.90 Å². The third-order valence-corrected chi connectivity index (χ3v) is 4.96. The van der Waals surface area contributed by atoms with Crippen LogP contribution in [-0.4, -0.2) is 29.8 Å². The molecule has 0 atom stereocenters. The number of amides is 2. The summed E-state index contributed by atoms with van der Waals surface area (Å²) in [5, 5.41) is 0.666. The number of carbonyl (C=O) groups is 2. The van der Waals surface area contributed by atoms with E-state index in [0.717, 1.165) is 23.2 Å². The topological polar surface area (TPSA) is 40.6 Å². The molecule has 1 aliphatic heterocycles. The average Bonchev–Trinajstić information content (AvgIpc) is 3.04. The van der Waals surface area contributed by atoms with Crippen molar-refractivity contribution in [3.8, 4) is 0 Å². The maximum atomic E-state index is 12.9. The predicted octanol–water partition coefficient (Wildman–Crippen LogP) is 3.91. The fraction of sp³-hybridized carbons (Fsp3) is 0.300. The summed E-state index contributed by atoms with van der Waals surface area (Å²) in [6, 6.07) is 13.2. The SMILES string of the molecule is CCN(Cc1ccccc1Cl)C(=O)c1ccc2c(c1)CCN2C(C)=O. The number of hydrogen-bond acceptors (Lipinski definition) is 2. The quantitative estimate of drug-likeness (QED) is 0.833. The first-order chi connectivity index (χ1) is 12.0. The van der Waals surface area contributed by atoms with Crippen molar-refractivity contribution in [3.05, 3.63) is 64.2 Å². The van der Waals surface area contributed by atoms with Crippen molar-refractivity contribution in [1.29, 1.82) is 0 Å². The molecule has 2 aromatic rings. The second-order valence-corrected chi connectivity index (χ2v) is 6.58. The van der Waals surface area contributed by atoms with E-state index in [1.165, 1.54) is 0 Å². The minimum atomic E-state index is -0.0218. The van der Waals surface area contributed by atoms with Crippen LogP contribution in [0.5, 0.6) is 0 Å². The van der Waals surface area contributed by atoms with Crippen LogP contribution in [0.2, 0.25) is 5.02 Å². The molecule has 1 aliphatic rings. The van der Waals surface area contributed by atoms with Gasteiger partial charge in [-0.2, -0.15) is 0 Å².